The zero-order valence-electron chi connectivity index (χ0n) is 13.9. The molecule has 0 aromatic carbocycles. The van der Waals surface area contributed by atoms with E-state index < -0.39 is 5.60 Å². The first kappa shape index (κ1) is 16.6. The summed E-state index contributed by atoms with van der Waals surface area (Å²) in [5, 5.41) is 6.84. The largest absolute Gasteiger partial charge is 0.444 e. The van der Waals surface area contributed by atoms with Gasteiger partial charge in [-0.05, 0) is 59.3 Å². The fraction of sp³-hybridized carbons (Fsp3) is 0.941. The van der Waals surface area contributed by atoms with Crippen LogP contribution in [0.3, 0.4) is 0 Å². The van der Waals surface area contributed by atoms with E-state index >= 15 is 0 Å². The third kappa shape index (κ3) is 6.25. The van der Waals surface area contributed by atoms with Crippen LogP contribution in [-0.4, -0.2) is 29.8 Å². The fourth-order valence-corrected chi connectivity index (χ4v) is 3.48. The molecule has 0 bridgehead atoms. The lowest BCUT2D eigenvalue weighted by molar-refractivity contribution is 0.0489. The van der Waals surface area contributed by atoms with Crippen molar-refractivity contribution < 1.29 is 9.53 Å². The van der Waals surface area contributed by atoms with Gasteiger partial charge in [0.1, 0.15) is 5.60 Å². The highest BCUT2D eigenvalue weighted by Crippen LogP contribution is 2.23. The van der Waals surface area contributed by atoms with Gasteiger partial charge in [0.05, 0.1) is 0 Å². The van der Waals surface area contributed by atoms with Crippen LogP contribution in [0.2, 0.25) is 0 Å². The molecule has 2 fully saturated rings. The summed E-state index contributed by atoms with van der Waals surface area (Å²) in [7, 11) is 0. The maximum Gasteiger partial charge on any atom is 0.407 e. The number of hydrogen-bond donors (Lipinski definition) is 2. The highest BCUT2D eigenvalue weighted by atomic mass is 16.6. The molecule has 0 aromatic rings. The van der Waals surface area contributed by atoms with Crippen LogP contribution in [0.5, 0.6) is 0 Å². The molecule has 0 aromatic heterocycles. The van der Waals surface area contributed by atoms with E-state index in [2.05, 4.69) is 10.6 Å². The van der Waals surface area contributed by atoms with E-state index in [4.69, 9.17) is 4.74 Å². The molecule has 2 aliphatic carbocycles. The molecule has 2 saturated carbocycles. The molecule has 0 aliphatic heterocycles. The zero-order valence-corrected chi connectivity index (χ0v) is 13.9. The summed E-state index contributed by atoms with van der Waals surface area (Å²) < 4.78 is 5.32. The van der Waals surface area contributed by atoms with Gasteiger partial charge in [0.25, 0.3) is 0 Å². The summed E-state index contributed by atoms with van der Waals surface area (Å²) >= 11 is 0. The number of rotatable bonds is 3. The van der Waals surface area contributed by atoms with Gasteiger partial charge in [-0.15, -0.1) is 0 Å². The van der Waals surface area contributed by atoms with Gasteiger partial charge < -0.3 is 15.4 Å². The number of alkyl carbamates (subject to hydrolysis) is 1. The summed E-state index contributed by atoms with van der Waals surface area (Å²) in [5.74, 6) is 0. The Balaban J connectivity index is 1.64. The minimum Gasteiger partial charge on any atom is -0.444 e. The van der Waals surface area contributed by atoms with E-state index in [1.807, 2.05) is 20.8 Å². The van der Waals surface area contributed by atoms with Gasteiger partial charge in [0.2, 0.25) is 0 Å². The monoisotopic (exact) mass is 296 g/mol. The Kier molecular flexibility index (Phi) is 5.91. The Morgan fingerprint density at radius 1 is 0.857 bits per heavy atom. The molecule has 0 spiro atoms. The Labute approximate surface area is 129 Å². The van der Waals surface area contributed by atoms with Crippen molar-refractivity contribution >= 4 is 6.09 Å². The van der Waals surface area contributed by atoms with Crippen LogP contribution >= 0.6 is 0 Å². The minimum absolute atomic E-state index is 0.272. The highest BCUT2D eigenvalue weighted by molar-refractivity contribution is 5.68. The molecule has 0 radical (unpaired) electrons. The molecule has 0 heterocycles. The molecule has 1 amide bonds. The Hall–Kier alpha value is -0.770. The lowest BCUT2D eigenvalue weighted by atomic mass is 9.88. The maximum absolute atomic E-state index is 11.8. The van der Waals surface area contributed by atoms with Gasteiger partial charge in [0.15, 0.2) is 0 Å². The van der Waals surface area contributed by atoms with Crippen LogP contribution in [-0.2, 0) is 4.74 Å². The lowest BCUT2D eigenvalue weighted by Gasteiger charge is -2.34. The fourth-order valence-electron chi connectivity index (χ4n) is 3.48. The third-order valence-electron chi connectivity index (χ3n) is 4.52. The van der Waals surface area contributed by atoms with Crippen LogP contribution in [0.1, 0.15) is 78.6 Å². The van der Waals surface area contributed by atoms with Gasteiger partial charge in [-0.25, -0.2) is 4.79 Å². The molecule has 2 rings (SSSR count). The van der Waals surface area contributed by atoms with Crippen molar-refractivity contribution in [2.75, 3.05) is 0 Å². The summed E-state index contributed by atoms with van der Waals surface area (Å²) in [6.07, 6.45) is 11.0. The van der Waals surface area contributed by atoms with Crippen molar-refractivity contribution in [3.05, 3.63) is 0 Å². The minimum atomic E-state index is -0.413. The molecule has 2 N–H and O–H groups in total. The number of carbonyl (C=O) groups is 1. The van der Waals surface area contributed by atoms with Crippen molar-refractivity contribution in [1.29, 1.82) is 0 Å². The van der Waals surface area contributed by atoms with Crippen molar-refractivity contribution in [1.82, 2.24) is 10.6 Å². The first-order valence-corrected chi connectivity index (χ1v) is 8.68. The van der Waals surface area contributed by atoms with Gasteiger partial charge in [-0.3, -0.25) is 0 Å². The second-order valence-electron chi connectivity index (χ2n) is 7.70. The Bertz CT molecular complexity index is 324. The van der Waals surface area contributed by atoms with Crippen molar-refractivity contribution in [2.24, 2.45) is 0 Å². The first-order chi connectivity index (χ1) is 9.92. The van der Waals surface area contributed by atoms with E-state index in [1.54, 1.807) is 0 Å². The molecule has 0 saturated heterocycles. The van der Waals surface area contributed by atoms with Gasteiger partial charge in [0, 0.05) is 18.1 Å². The van der Waals surface area contributed by atoms with Crippen LogP contribution in [0.25, 0.3) is 0 Å². The van der Waals surface area contributed by atoms with Crippen molar-refractivity contribution in [2.45, 2.75) is 102 Å². The van der Waals surface area contributed by atoms with Crippen LogP contribution in [0.4, 0.5) is 4.79 Å². The SMILES string of the molecule is CC(C)(C)OC(=O)NC1CCC(NC2CCCCC2)CC1. The smallest absolute Gasteiger partial charge is 0.407 e. The number of ether oxygens (including phenoxy) is 1. The molecule has 122 valence electrons. The first-order valence-electron chi connectivity index (χ1n) is 8.68. The standard InChI is InChI=1S/C17H32N2O2/c1-17(2,3)21-16(20)19-15-11-9-14(10-12-15)18-13-7-5-4-6-8-13/h13-15,18H,4-12H2,1-3H3,(H,19,20). The predicted molar refractivity (Wildman–Crippen MR) is 85.4 cm³/mol. The van der Waals surface area contributed by atoms with Crippen LogP contribution in [0.15, 0.2) is 0 Å². The normalized spacial score (nSPS) is 28.1. The summed E-state index contributed by atoms with van der Waals surface area (Å²) in [6.45, 7) is 5.70. The maximum atomic E-state index is 11.8. The molecule has 4 heteroatoms. The number of hydrogen-bond acceptors (Lipinski definition) is 3. The number of amides is 1. The van der Waals surface area contributed by atoms with Gasteiger partial charge in [-0.2, -0.15) is 0 Å². The lowest BCUT2D eigenvalue weighted by Crippen LogP contribution is -2.46. The molecule has 2 aliphatic rings. The Morgan fingerprint density at radius 3 is 1.95 bits per heavy atom. The molecular formula is C17H32N2O2. The molecular weight excluding hydrogens is 264 g/mol. The van der Waals surface area contributed by atoms with Crippen molar-refractivity contribution in [3.63, 3.8) is 0 Å². The van der Waals surface area contributed by atoms with Crippen LogP contribution in [0, 0.1) is 0 Å². The highest BCUT2D eigenvalue weighted by Gasteiger charge is 2.26. The summed E-state index contributed by atoms with van der Waals surface area (Å²) in [5.41, 5.74) is -0.413. The predicted octanol–water partition coefficient (Wildman–Crippen LogP) is 3.74. The zero-order chi connectivity index (χ0) is 15.3. The number of carbonyl (C=O) groups excluding carboxylic acids is 1. The van der Waals surface area contributed by atoms with E-state index in [-0.39, 0.29) is 12.1 Å². The molecule has 0 unspecified atom stereocenters. The Morgan fingerprint density at radius 2 is 1.38 bits per heavy atom. The van der Waals surface area contributed by atoms with E-state index in [0.29, 0.717) is 6.04 Å². The molecule has 4 nitrogen and oxygen atoms in total. The van der Waals surface area contributed by atoms with Gasteiger partial charge >= 0.3 is 6.09 Å². The topological polar surface area (TPSA) is 50.4 Å². The van der Waals surface area contributed by atoms with E-state index in [1.165, 1.54) is 32.1 Å². The molecule has 0 atom stereocenters. The van der Waals surface area contributed by atoms with E-state index in [0.717, 1.165) is 31.7 Å². The third-order valence-corrected chi connectivity index (χ3v) is 4.52. The number of nitrogens with one attached hydrogen (secondary N) is 2. The van der Waals surface area contributed by atoms with Crippen LogP contribution < -0.4 is 10.6 Å². The summed E-state index contributed by atoms with van der Waals surface area (Å²) in [4.78, 5) is 11.8. The average Bonchev–Trinajstić information content (AvgIpc) is 2.40. The van der Waals surface area contributed by atoms with Crippen molar-refractivity contribution in [3.8, 4) is 0 Å². The van der Waals surface area contributed by atoms with Gasteiger partial charge in [-0.1, -0.05) is 19.3 Å². The molecule has 21 heavy (non-hydrogen) atoms. The average molecular weight is 296 g/mol. The van der Waals surface area contributed by atoms with E-state index in [9.17, 15) is 4.79 Å². The quantitative estimate of drug-likeness (QED) is 0.834. The summed E-state index contributed by atoms with van der Waals surface area (Å²) in [6, 6.07) is 1.66. The second-order valence-corrected chi connectivity index (χ2v) is 7.70. The second kappa shape index (κ2) is 7.48.